The lowest BCUT2D eigenvalue weighted by atomic mass is 10.0. The van der Waals surface area contributed by atoms with E-state index < -0.39 is 22.0 Å². The second-order valence-corrected chi connectivity index (χ2v) is 5.89. The Balaban J connectivity index is 2.08. The first-order valence-electron chi connectivity index (χ1n) is 6.89. The predicted octanol–water partition coefficient (Wildman–Crippen LogP) is 1.14. The van der Waals surface area contributed by atoms with Gasteiger partial charge in [0.2, 0.25) is 5.91 Å². The van der Waals surface area contributed by atoms with Crippen molar-refractivity contribution in [3.8, 4) is 0 Å². The molecule has 0 unspecified atom stereocenters. The summed E-state index contributed by atoms with van der Waals surface area (Å²) in [5.41, 5.74) is -2.73. The highest BCUT2D eigenvalue weighted by Crippen LogP contribution is 2.22. The van der Waals surface area contributed by atoms with Crippen LogP contribution < -0.4 is 5.32 Å². The zero-order valence-electron chi connectivity index (χ0n) is 13.0. The minimum absolute atomic E-state index is 0.0772. The van der Waals surface area contributed by atoms with Crippen molar-refractivity contribution in [2.75, 3.05) is 6.54 Å². The molecule has 2 aromatic rings. The first-order chi connectivity index (χ1) is 10.6. The quantitative estimate of drug-likeness (QED) is 0.607. The smallest absolute Gasteiger partial charge is 0.307 e. The van der Waals surface area contributed by atoms with Crippen LogP contribution in [-0.2, 0) is 15.9 Å². The van der Waals surface area contributed by atoms with Crippen LogP contribution >= 0.6 is 0 Å². The summed E-state index contributed by atoms with van der Waals surface area (Å²) in [5, 5.41) is 27.5. The van der Waals surface area contributed by atoms with E-state index in [1.807, 2.05) is 0 Å². The van der Waals surface area contributed by atoms with Gasteiger partial charge in [-0.05, 0) is 32.9 Å². The molecular formula is C14H18N4O5. The molecule has 1 amide bonds. The van der Waals surface area contributed by atoms with E-state index in [-0.39, 0.29) is 12.2 Å². The van der Waals surface area contributed by atoms with Crippen LogP contribution in [0.3, 0.4) is 0 Å². The molecule has 0 saturated carbocycles. The number of carbonyl (C=O) groups is 1. The molecule has 1 atom stereocenters. The van der Waals surface area contributed by atoms with Crippen molar-refractivity contribution in [3.63, 3.8) is 0 Å². The molecule has 0 aliphatic carbocycles. The number of furan rings is 1. The summed E-state index contributed by atoms with van der Waals surface area (Å²) in [6.45, 7) is 4.57. The zero-order valence-corrected chi connectivity index (χ0v) is 13.0. The third kappa shape index (κ3) is 3.39. The van der Waals surface area contributed by atoms with Gasteiger partial charge in [-0.1, -0.05) is 0 Å². The zero-order chi connectivity index (χ0) is 17.3. The van der Waals surface area contributed by atoms with Gasteiger partial charge in [-0.25, -0.2) is 0 Å². The second kappa shape index (κ2) is 5.84. The molecule has 23 heavy (non-hydrogen) atoms. The lowest BCUT2D eigenvalue weighted by Gasteiger charge is -2.27. The molecule has 2 aromatic heterocycles. The number of nitrogens with zero attached hydrogens (tertiary/aromatic N) is 3. The second-order valence-electron chi connectivity index (χ2n) is 5.89. The fourth-order valence-electron chi connectivity index (χ4n) is 1.96. The van der Waals surface area contributed by atoms with Crippen LogP contribution in [0.1, 0.15) is 26.5 Å². The number of rotatable bonds is 6. The standard InChI is InChI=1S/C14H18N4O5/c1-13(2,17-8-10(7-16-17)18(21)22)12(19)15-9-14(3,20)11-5-4-6-23-11/h4-8,20H,9H2,1-3H3,(H,15,19)/t14-/m0/s1. The number of nitro groups is 1. The Bertz CT molecular complexity index is 703. The van der Waals surface area contributed by atoms with Crippen LogP contribution in [-0.4, -0.2) is 32.3 Å². The molecule has 0 spiro atoms. The van der Waals surface area contributed by atoms with Gasteiger partial charge in [0.1, 0.15) is 29.3 Å². The third-order valence-electron chi connectivity index (χ3n) is 3.55. The monoisotopic (exact) mass is 322 g/mol. The van der Waals surface area contributed by atoms with Crippen LogP contribution in [0.5, 0.6) is 0 Å². The van der Waals surface area contributed by atoms with Gasteiger partial charge in [0, 0.05) is 0 Å². The van der Waals surface area contributed by atoms with E-state index in [4.69, 9.17) is 4.42 Å². The van der Waals surface area contributed by atoms with Crippen molar-refractivity contribution in [2.45, 2.75) is 31.9 Å². The topological polar surface area (TPSA) is 123 Å². The minimum Gasteiger partial charge on any atom is -0.466 e. The number of aromatic nitrogens is 2. The SMILES string of the molecule is CC(C)(C(=O)NC[C@](C)(O)c1ccco1)n1cc([N+](=O)[O-])cn1. The van der Waals surface area contributed by atoms with Gasteiger partial charge in [0.05, 0.1) is 17.7 Å². The summed E-state index contributed by atoms with van der Waals surface area (Å²) >= 11 is 0. The normalized spacial score (nSPS) is 14.3. The molecule has 0 aliphatic rings. The number of nitrogens with one attached hydrogen (secondary N) is 1. The summed E-state index contributed by atoms with van der Waals surface area (Å²) in [4.78, 5) is 22.5. The Morgan fingerprint density at radius 3 is 2.74 bits per heavy atom. The molecule has 0 saturated heterocycles. The Morgan fingerprint density at radius 2 is 2.22 bits per heavy atom. The summed E-state index contributed by atoms with van der Waals surface area (Å²) < 4.78 is 6.35. The van der Waals surface area contributed by atoms with Crippen molar-refractivity contribution in [1.29, 1.82) is 0 Å². The van der Waals surface area contributed by atoms with E-state index in [0.717, 1.165) is 6.20 Å². The summed E-state index contributed by atoms with van der Waals surface area (Å²) in [6.07, 6.45) is 3.69. The average molecular weight is 322 g/mol. The van der Waals surface area contributed by atoms with Crippen LogP contribution in [0.25, 0.3) is 0 Å². The Labute approximate surface area is 132 Å². The number of hydrogen-bond donors (Lipinski definition) is 2. The Morgan fingerprint density at radius 1 is 1.52 bits per heavy atom. The van der Waals surface area contributed by atoms with Gasteiger partial charge in [-0.2, -0.15) is 5.10 Å². The van der Waals surface area contributed by atoms with E-state index in [1.54, 1.807) is 26.0 Å². The maximum atomic E-state index is 12.4. The summed E-state index contributed by atoms with van der Waals surface area (Å²) in [5.74, 6) is -0.118. The number of hydrogen-bond acceptors (Lipinski definition) is 6. The largest absolute Gasteiger partial charge is 0.466 e. The fourth-order valence-corrected chi connectivity index (χ4v) is 1.96. The third-order valence-corrected chi connectivity index (χ3v) is 3.55. The van der Waals surface area contributed by atoms with Gasteiger partial charge < -0.3 is 14.8 Å². The predicted molar refractivity (Wildman–Crippen MR) is 79.5 cm³/mol. The Hall–Kier alpha value is -2.68. The molecule has 0 bridgehead atoms. The molecule has 2 rings (SSSR count). The fraction of sp³-hybridized carbons (Fsp3) is 0.429. The highest BCUT2D eigenvalue weighted by atomic mass is 16.6. The van der Waals surface area contributed by atoms with Crippen LogP contribution in [0.4, 0.5) is 5.69 Å². The first kappa shape index (κ1) is 16.7. The maximum Gasteiger partial charge on any atom is 0.307 e. The minimum atomic E-state index is -1.37. The lowest BCUT2D eigenvalue weighted by molar-refractivity contribution is -0.385. The van der Waals surface area contributed by atoms with Gasteiger partial charge in [0.25, 0.3) is 0 Å². The number of amides is 1. The highest BCUT2D eigenvalue weighted by Gasteiger charge is 2.34. The molecule has 0 radical (unpaired) electrons. The molecular weight excluding hydrogens is 304 g/mol. The van der Waals surface area contributed by atoms with E-state index in [2.05, 4.69) is 10.4 Å². The molecule has 0 aliphatic heterocycles. The van der Waals surface area contributed by atoms with E-state index in [1.165, 1.54) is 24.1 Å². The van der Waals surface area contributed by atoms with Gasteiger partial charge >= 0.3 is 5.69 Å². The number of aliphatic hydroxyl groups is 1. The van der Waals surface area contributed by atoms with Gasteiger partial charge in [0.15, 0.2) is 0 Å². The molecule has 0 aromatic carbocycles. The van der Waals surface area contributed by atoms with Crippen molar-refractivity contribution in [3.05, 3.63) is 46.7 Å². The van der Waals surface area contributed by atoms with Crippen molar-refractivity contribution in [1.82, 2.24) is 15.1 Å². The van der Waals surface area contributed by atoms with Crippen molar-refractivity contribution < 1.29 is 19.2 Å². The molecule has 2 N–H and O–H groups in total. The van der Waals surface area contributed by atoms with E-state index in [0.29, 0.717) is 5.76 Å². The molecule has 124 valence electrons. The molecule has 9 nitrogen and oxygen atoms in total. The summed E-state index contributed by atoms with van der Waals surface area (Å²) in [6, 6.07) is 3.24. The molecule has 0 fully saturated rings. The first-order valence-corrected chi connectivity index (χ1v) is 6.89. The Kier molecular flexibility index (Phi) is 4.24. The lowest BCUT2D eigenvalue weighted by Crippen LogP contribution is -2.48. The van der Waals surface area contributed by atoms with Crippen LogP contribution in [0, 0.1) is 10.1 Å². The maximum absolute atomic E-state index is 12.4. The average Bonchev–Trinajstić information content (AvgIpc) is 3.15. The summed E-state index contributed by atoms with van der Waals surface area (Å²) in [7, 11) is 0. The molecule has 9 heteroatoms. The number of carbonyl (C=O) groups excluding carboxylic acids is 1. The molecule has 2 heterocycles. The van der Waals surface area contributed by atoms with Crippen LogP contribution in [0.2, 0.25) is 0 Å². The van der Waals surface area contributed by atoms with Crippen molar-refractivity contribution >= 4 is 11.6 Å². The van der Waals surface area contributed by atoms with Crippen molar-refractivity contribution in [2.24, 2.45) is 0 Å². The highest BCUT2D eigenvalue weighted by molar-refractivity contribution is 5.83. The van der Waals surface area contributed by atoms with Crippen LogP contribution in [0.15, 0.2) is 35.2 Å². The van der Waals surface area contributed by atoms with E-state index in [9.17, 15) is 20.0 Å². The van der Waals surface area contributed by atoms with Gasteiger partial charge in [-0.15, -0.1) is 0 Å². The van der Waals surface area contributed by atoms with E-state index >= 15 is 0 Å². The van der Waals surface area contributed by atoms with Gasteiger partial charge in [-0.3, -0.25) is 19.6 Å².